The van der Waals surface area contributed by atoms with Crippen LogP contribution < -0.4 is 20.2 Å². The molecule has 2 amide bonds. The van der Waals surface area contributed by atoms with Gasteiger partial charge >= 0.3 is 0 Å². The van der Waals surface area contributed by atoms with Crippen LogP contribution in [0, 0.1) is 23.2 Å². The third-order valence-electron chi connectivity index (χ3n) is 7.03. The molecule has 168 valence electrons. The lowest BCUT2D eigenvalue weighted by molar-refractivity contribution is -0.146. The molecule has 4 fully saturated rings. The molecule has 0 aromatic heterocycles. The summed E-state index contributed by atoms with van der Waals surface area (Å²) in [6.45, 7) is 1.74. The Balaban J connectivity index is 1.36. The lowest BCUT2D eigenvalue weighted by atomic mass is 9.49. The van der Waals surface area contributed by atoms with Crippen molar-refractivity contribution in [1.82, 2.24) is 5.43 Å². The summed E-state index contributed by atoms with van der Waals surface area (Å²) >= 11 is 6.11. The van der Waals surface area contributed by atoms with Crippen molar-refractivity contribution in [2.45, 2.75) is 51.9 Å². The average Bonchev–Trinajstić information content (AvgIpc) is 2.71. The molecule has 4 bridgehead atoms. The van der Waals surface area contributed by atoms with Crippen LogP contribution in [-0.4, -0.2) is 31.7 Å². The fourth-order valence-electron chi connectivity index (χ4n) is 6.08. The number of ether oxygens (including phenoxy) is 2. The number of nitrogens with zero attached hydrogens (tertiary/aromatic N) is 1. The molecule has 0 atom stereocenters. The highest BCUT2D eigenvalue weighted by atomic mass is 35.5. The molecule has 4 saturated carbocycles. The van der Waals surface area contributed by atoms with Crippen LogP contribution in [0.3, 0.4) is 0 Å². The molecule has 1 aromatic carbocycles. The number of carbonyl (C=O) groups excluding carboxylic acids is 2. The van der Waals surface area contributed by atoms with Crippen molar-refractivity contribution in [2.75, 3.05) is 19.5 Å². The van der Waals surface area contributed by atoms with E-state index in [1.807, 2.05) is 0 Å². The topological polar surface area (TPSA) is 89.0 Å². The highest BCUT2D eigenvalue weighted by molar-refractivity contribution is 6.32. The van der Waals surface area contributed by atoms with Crippen molar-refractivity contribution < 1.29 is 19.1 Å². The number of carbonyl (C=O) groups is 2. The van der Waals surface area contributed by atoms with Crippen LogP contribution in [-0.2, 0) is 9.59 Å². The predicted molar refractivity (Wildman–Crippen MR) is 120 cm³/mol. The number of nitrogens with one attached hydrogen (secondary N) is 2. The van der Waals surface area contributed by atoms with Crippen molar-refractivity contribution in [3.63, 3.8) is 0 Å². The summed E-state index contributed by atoms with van der Waals surface area (Å²) < 4.78 is 10.5. The Labute approximate surface area is 187 Å². The number of hydrogen-bond acceptors (Lipinski definition) is 5. The highest BCUT2D eigenvalue weighted by Gasteiger charge is 2.54. The zero-order valence-electron chi connectivity index (χ0n) is 18.3. The van der Waals surface area contributed by atoms with Crippen LogP contribution in [0.2, 0.25) is 5.02 Å². The molecule has 4 aliphatic carbocycles. The second kappa shape index (κ2) is 8.69. The lowest BCUT2D eigenvalue weighted by Crippen LogP contribution is -2.52. The van der Waals surface area contributed by atoms with Gasteiger partial charge in [0.1, 0.15) is 11.5 Å². The molecule has 0 spiro atoms. The van der Waals surface area contributed by atoms with Gasteiger partial charge in [-0.3, -0.25) is 9.59 Å². The first-order chi connectivity index (χ1) is 14.8. The zero-order chi connectivity index (χ0) is 22.2. The van der Waals surface area contributed by atoms with Gasteiger partial charge in [0, 0.05) is 17.8 Å². The molecule has 7 nitrogen and oxygen atoms in total. The maximum absolute atomic E-state index is 13.0. The molecule has 4 aliphatic rings. The van der Waals surface area contributed by atoms with Gasteiger partial charge in [0.05, 0.1) is 36.8 Å². The normalized spacial score (nSPS) is 28.9. The predicted octanol–water partition coefficient (Wildman–Crippen LogP) is 4.39. The first kappa shape index (κ1) is 21.9. The van der Waals surface area contributed by atoms with Gasteiger partial charge in [-0.15, -0.1) is 0 Å². The number of hydrogen-bond donors (Lipinski definition) is 2. The van der Waals surface area contributed by atoms with Gasteiger partial charge in [-0.05, 0) is 63.2 Å². The summed E-state index contributed by atoms with van der Waals surface area (Å²) in [7, 11) is 3.00. The zero-order valence-corrected chi connectivity index (χ0v) is 19.1. The number of methoxy groups -OCH3 is 2. The molecular weight excluding hydrogens is 418 g/mol. The van der Waals surface area contributed by atoms with Crippen LogP contribution in [0.15, 0.2) is 17.2 Å². The highest BCUT2D eigenvalue weighted by Crippen LogP contribution is 2.60. The third-order valence-corrected chi connectivity index (χ3v) is 7.33. The Hall–Kier alpha value is -2.28. The quantitative estimate of drug-likeness (QED) is 0.479. The SMILES string of the molecule is COc1cc(NC(=O)CC(C)=NNC(=O)C23CC4CC(CC(C4)C2)C3)c(OC)cc1Cl. The van der Waals surface area contributed by atoms with Crippen molar-refractivity contribution >= 4 is 34.8 Å². The average molecular weight is 448 g/mol. The summed E-state index contributed by atoms with van der Waals surface area (Å²) in [4.78, 5) is 25.5. The second-order valence-corrected chi connectivity index (χ2v) is 9.81. The molecule has 0 aliphatic heterocycles. The maximum atomic E-state index is 13.0. The van der Waals surface area contributed by atoms with Crippen molar-refractivity contribution in [3.8, 4) is 11.5 Å². The molecular formula is C23H30ClN3O4. The summed E-state index contributed by atoms with van der Waals surface area (Å²) in [5.41, 5.74) is 3.50. The standard InChI is InChI=1S/C23H30ClN3O4/c1-13(4-21(28)25-18-9-19(30-2)17(24)8-20(18)31-3)26-27-22(29)23-10-14-5-15(11-23)7-16(6-14)12-23/h8-9,14-16H,4-7,10-12H2,1-3H3,(H,25,28)(H,27,29). The van der Waals surface area contributed by atoms with Gasteiger partial charge in [-0.1, -0.05) is 11.6 Å². The van der Waals surface area contributed by atoms with Crippen LogP contribution >= 0.6 is 11.6 Å². The van der Waals surface area contributed by atoms with Crippen LogP contribution in [0.25, 0.3) is 0 Å². The molecule has 2 N–H and O–H groups in total. The summed E-state index contributed by atoms with van der Waals surface area (Å²) in [6.07, 6.45) is 6.86. The van der Waals surface area contributed by atoms with E-state index >= 15 is 0 Å². The van der Waals surface area contributed by atoms with Gasteiger partial charge in [0.2, 0.25) is 11.8 Å². The Morgan fingerprint density at radius 3 is 2.19 bits per heavy atom. The maximum Gasteiger partial charge on any atom is 0.246 e. The van der Waals surface area contributed by atoms with E-state index < -0.39 is 0 Å². The number of amides is 2. The van der Waals surface area contributed by atoms with Crippen LogP contribution in [0.4, 0.5) is 5.69 Å². The number of benzene rings is 1. The number of hydrazone groups is 1. The first-order valence-electron chi connectivity index (χ1n) is 10.9. The fraction of sp³-hybridized carbons (Fsp3) is 0.609. The molecule has 5 rings (SSSR count). The van der Waals surface area contributed by atoms with Gasteiger partial charge in [-0.2, -0.15) is 5.10 Å². The Morgan fingerprint density at radius 2 is 1.65 bits per heavy atom. The molecule has 0 radical (unpaired) electrons. The second-order valence-electron chi connectivity index (χ2n) is 9.40. The van der Waals surface area contributed by atoms with E-state index in [9.17, 15) is 9.59 Å². The van der Waals surface area contributed by atoms with E-state index in [2.05, 4.69) is 15.8 Å². The Kier molecular flexibility index (Phi) is 6.15. The minimum absolute atomic E-state index is 0.0236. The van der Waals surface area contributed by atoms with Gasteiger partial charge in [-0.25, -0.2) is 5.43 Å². The molecule has 0 unspecified atom stereocenters. The first-order valence-corrected chi connectivity index (χ1v) is 11.2. The Bertz CT molecular complexity index is 879. The summed E-state index contributed by atoms with van der Waals surface area (Å²) in [6, 6.07) is 3.20. The molecule has 0 heterocycles. The van der Waals surface area contributed by atoms with Crippen LogP contribution in [0.5, 0.6) is 11.5 Å². The smallest absolute Gasteiger partial charge is 0.246 e. The largest absolute Gasteiger partial charge is 0.495 e. The number of halogens is 1. The van der Waals surface area contributed by atoms with Crippen molar-refractivity contribution in [3.05, 3.63) is 17.2 Å². The Morgan fingerprint density at radius 1 is 1.06 bits per heavy atom. The van der Waals surface area contributed by atoms with Gasteiger partial charge in [0.25, 0.3) is 0 Å². The van der Waals surface area contributed by atoms with E-state index in [0.29, 0.717) is 45.7 Å². The minimum Gasteiger partial charge on any atom is -0.495 e. The minimum atomic E-state index is -0.270. The van der Waals surface area contributed by atoms with E-state index in [0.717, 1.165) is 19.3 Å². The number of anilines is 1. The van der Waals surface area contributed by atoms with E-state index in [1.54, 1.807) is 19.1 Å². The van der Waals surface area contributed by atoms with Crippen molar-refractivity contribution in [1.29, 1.82) is 0 Å². The molecule has 0 saturated heterocycles. The van der Waals surface area contributed by atoms with E-state index in [1.165, 1.54) is 33.5 Å². The third kappa shape index (κ3) is 4.52. The summed E-state index contributed by atoms with van der Waals surface area (Å²) in [5, 5.41) is 7.42. The fourth-order valence-corrected chi connectivity index (χ4v) is 6.31. The van der Waals surface area contributed by atoms with E-state index in [4.69, 9.17) is 21.1 Å². The summed E-state index contributed by atoms with van der Waals surface area (Å²) in [5.74, 6) is 2.70. The van der Waals surface area contributed by atoms with E-state index in [-0.39, 0.29) is 23.7 Å². The monoisotopic (exact) mass is 447 g/mol. The van der Waals surface area contributed by atoms with Crippen LogP contribution in [0.1, 0.15) is 51.9 Å². The van der Waals surface area contributed by atoms with Gasteiger partial charge < -0.3 is 14.8 Å². The lowest BCUT2D eigenvalue weighted by Gasteiger charge is -2.55. The molecule has 8 heteroatoms. The van der Waals surface area contributed by atoms with Gasteiger partial charge in [0.15, 0.2) is 0 Å². The van der Waals surface area contributed by atoms with Crippen molar-refractivity contribution in [2.24, 2.45) is 28.3 Å². The number of rotatable bonds is 7. The molecule has 1 aromatic rings. The molecule has 31 heavy (non-hydrogen) atoms.